The number of ether oxygens (including phenoxy) is 1. The Hall–Kier alpha value is -2.57. The molecule has 1 aliphatic heterocycles. The molecule has 1 aromatic carbocycles. The van der Waals surface area contributed by atoms with Crippen molar-refractivity contribution in [2.75, 3.05) is 25.5 Å². The van der Waals surface area contributed by atoms with Gasteiger partial charge in [0.25, 0.3) is 5.91 Å². The Morgan fingerprint density at radius 2 is 2.08 bits per heavy atom. The summed E-state index contributed by atoms with van der Waals surface area (Å²) in [5.41, 5.74) is 1.47. The molecule has 0 radical (unpaired) electrons. The van der Waals surface area contributed by atoms with Gasteiger partial charge in [-0.1, -0.05) is 6.07 Å². The largest absolute Gasteiger partial charge is 0.466 e. The first-order chi connectivity index (χ1) is 11.5. The molecule has 1 aliphatic carbocycles. The highest BCUT2D eigenvalue weighted by atomic mass is 16.5. The van der Waals surface area contributed by atoms with Crippen LogP contribution in [0.25, 0.3) is 0 Å². The van der Waals surface area contributed by atoms with E-state index in [0.717, 1.165) is 18.4 Å². The molecule has 7 nitrogen and oxygen atoms in total. The van der Waals surface area contributed by atoms with Gasteiger partial charge < -0.3 is 20.3 Å². The Balaban J connectivity index is 1.61. The monoisotopic (exact) mass is 331 g/mol. The van der Waals surface area contributed by atoms with Gasteiger partial charge in [-0.3, -0.25) is 9.59 Å². The van der Waals surface area contributed by atoms with E-state index in [9.17, 15) is 14.4 Å². The molecule has 0 unspecified atom stereocenters. The number of fused-ring (bicyclic) bond motifs is 1. The maximum Gasteiger partial charge on any atom is 0.319 e. The lowest BCUT2D eigenvalue weighted by Gasteiger charge is -2.15. The second-order valence-electron chi connectivity index (χ2n) is 6.30. The molecule has 1 saturated carbocycles. The zero-order valence-electron chi connectivity index (χ0n) is 13.8. The zero-order chi connectivity index (χ0) is 17.3. The summed E-state index contributed by atoms with van der Waals surface area (Å²) in [6, 6.07) is 4.88. The molecular weight excluding hydrogens is 310 g/mol. The highest BCUT2D eigenvalue weighted by Gasteiger charge is 2.51. The molecule has 0 aromatic heterocycles. The van der Waals surface area contributed by atoms with Gasteiger partial charge in [0.1, 0.15) is 0 Å². The zero-order valence-corrected chi connectivity index (χ0v) is 13.8. The van der Waals surface area contributed by atoms with Crippen molar-refractivity contribution >= 4 is 23.6 Å². The van der Waals surface area contributed by atoms with Crippen LogP contribution >= 0.6 is 0 Å². The summed E-state index contributed by atoms with van der Waals surface area (Å²) in [6.07, 6.45) is 1.46. The second kappa shape index (κ2) is 6.14. The second-order valence-corrected chi connectivity index (χ2v) is 6.30. The highest BCUT2D eigenvalue weighted by Crippen LogP contribution is 2.46. The van der Waals surface area contributed by atoms with Gasteiger partial charge in [0.2, 0.25) is 0 Å². The predicted octanol–water partition coefficient (Wildman–Crippen LogP) is 1.74. The number of nitrogens with zero attached hydrogens (tertiary/aromatic N) is 1. The molecule has 2 aliphatic rings. The van der Waals surface area contributed by atoms with Crippen molar-refractivity contribution in [2.24, 2.45) is 5.41 Å². The average Bonchev–Trinajstić information content (AvgIpc) is 3.29. The number of nitrogens with one attached hydrogen (secondary N) is 2. The van der Waals surface area contributed by atoms with Crippen LogP contribution in [0, 0.1) is 5.41 Å². The maximum absolute atomic E-state index is 12.2. The van der Waals surface area contributed by atoms with Crippen molar-refractivity contribution < 1.29 is 19.1 Å². The van der Waals surface area contributed by atoms with Crippen LogP contribution in [0.3, 0.4) is 0 Å². The summed E-state index contributed by atoms with van der Waals surface area (Å²) >= 11 is 0. The maximum atomic E-state index is 12.2. The van der Waals surface area contributed by atoms with E-state index in [1.54, 1.807) is 37.1 Å². The SMILES string of the molecule is CCOC(=O)C1(CNC(=O)Nc2cccc3c2CN(C)C3=O)CC1. The molecule has 2 N–H and O–H groups in total. The highest BCUT2D eigenvalue weighted by molar-refractivity contribution is 6.01. The van der Waals surface area contributed by atoms with Gasteiger partial charge in [-0.2, -0.15) is 0 Å². The van der Waals surface area contributed by atoms with E-state index in [4.69, 9.17) is 4.74 Å². The van der Waals surface area contributed by atoms with Gasteiger partial charge >= 0.3 is 12.0 Å². The first-order valence-corrected chi connectivity index (χ1v) is 8.06. The minimum atomic E-state index is -0.567. The van der Waals surface area contributed by atoms with Crippen molar-refractivity contribution in [3.05, 3.63) is 29.3 Å². The van der Waals surface area contributed by atoms with E-state index < -0.39 is 5.41 Å². The Morgan fingerprint density at radius 3 is 2.75 bits per heavy atom. The lowest BCUT2D eigenvalue weighted by atomic mass is 10.1. The molecule has 0 saturated heterocycles. The van der Waals surface area contributed by atoms with Crippen LogP contribution < -0.4 is 10.6 Å². The van der Waals surface area contributed by atoms with Crippen LogP contribution in [0.4, 0.5) is 10.5 Å². The fourth-order valence-corrected chi connectivity index (χ4v) is 2.89. The number of esters is 1. The molecule has 0 atom stereocenters. The number of carbonyl (C=O) groups excluding carboxylic acids is 3. The van der Waals surface area contributed by atoms with Crippen molar-refractivity contribution in [3.63, 3.8) is 0 Å². The quantitative estimate of drug-likeness (QED) is 0.805. The molecule has 1 heterocycles. The normalized spacial score (nSPS) is 17.2. The first kappa shape index (κ1) is 16.3. The first-order valence-electron chi connectivity index (χ1n) is 8.06. The number of amides is 3. The molecule has 3 rings (SSSR count). The van der Waals surface area contributed by atoms with E-state index in [2.05, 4.69) is 10.6 Å². The summed E-state index contributed by atoms with van der Waals surface area (Å²) in [7, 11) is 1.72. The summed E-state index contributed by atoms with van der Waals surface area (Å²) in [5.74, 6) is -0.300. The molecule has 0 bridgehead atoms. The summed E-state index contributed by atoms with van der Waals surface area (Å²) in [4.78, 5) is 37.6. The number of hydrogen-bond acceptors (Lipinski definition) is 4. The number of rotatable bonds is 5. The number of benzene rings is 1. The molecular formula is C17H21N3O4. The molecule has 3 amide bonds. The van der Waals surface area contributed by atoms with Crippen LogP contribution in [0.1, 0.15) is 35.7 Å². The Morgan fingerprint density at radius 1 is 1.33 bits per heavy atom. The third kappa shape index (κ3) is 2.93. The van der Waals surface area contributed by atoms with Crippen LogP contribution in [-0.2, 0) is 16.1 Å². The molecule has 0 spiro atoms. The summed E-state index contributed by atoms with van der Waals surface area (Å²) in [5, 5.41) is 5.51. The van der Waals surface area contributed by atoms with Gasteiger partial charge in [0, 0.05) is 37.0 Å². The topological polar surface area (TPSA) is 87.7 Å². The van der Waals surface area contributed by atoms with Crippen LogP contribution in [0.5, 0.6) is 0 Å². The van der Waals surface area contributed by atoms with E-state index in [1.807, 2.05) is 0 Å². The fraction of sp³-hybridized carbons (Fsp3) is 0.471. The molecule has 1 fully saturated rings. The van der Waals surface area contributed by atoms with Crippen LogP contribution in [0.2, 0.25) is 0 Å². The molecule has 24 heavy (non-hydrogen) atoms. The minimum Gasteiger partial charge on any atom is -0.466 e. The van der Waals surface area contributed by atoms with Crippen LogP contribution in [-0.4, -0.2) is 43.0 Å². The van der Waals surface area contributed by atoms with Crippen molar-refractivity contribution in [1.82, 2.24) is 10.2 Å². The third-order valence-electron chi connectivity index (χ3n) is 4.55. The van der Waals surface area contributed by atoms with Crippen LogP contribution in [0.15, 0.2) is 18.2 Å². The average molecular weight is 331 g/mol. The molecule has 1 aromatic rings. The third-order valence-corrected chi connectivity index (χ3v) is 4.55. The van der Waals surface area contributed by atoms with Gasteiger partial charge in [-0.25, -0.2) is 4.79 Å². The van der Waals surface area contributed by atoms with Gasteiger partial charge in [0.15, 0.2) is 0 Å². The van der Waals surface area contributed by atoms with Crippen molar-refractivity contribution in [3.8, 4) is 0 Å². The molecule has 128 valence electrons. The minimum absolute atomic E-state index is 0.0479. The van der Waals surface area contributed by atoms with E-state index in [1.165, 1.54) is 0 Å². The summed E-state index contributed by atoms with van der Waals surface area (Å²) < 4.78 is 5.05. The van der Waals surface area contributed by atoms with Gasteiger partial charge in [-0.05, 0) is 31.9 Å². The van der Waals surface area contributed by atoms with E-state index in [-0.39, 0.29) is 24.5 Å². The number of hydrogen-bond donors (Lipinski definition) is 2. The Bertz CT molecular complexity index is 697. The Kier molecular flexibility index (Phi) is 4.17. The summed E-state index contributed by atoms with van der Waals surface area (Å²) in [6.45, 7) is 2.83. The van der Waals surface area contributed by atoms with Crippen molar-refractivity contribution in [1.29, 1.82) is 0 Å². The van der Waals surface area contributed by atoms with Crippen molar-refractivity contribution in [2.45, 2.75) is 26.3 Å². The Labute approximate surface area is 140 Å². The lowest BCUT2D eigenvalue weighted by molar-refractivity contribution is -0.149. The lowest BCUT2D eigenvalue weighted by Crippen LogP contribution is -2.37. The predicted molar refractivity (Wildman–Crippen MR) is 87.6 cm³/mol. The smallest absolute Gasteiger partial charge is 0.319 e. The van der Waals surface area contributed by atoms with E-state index in [0.29, 0.717) is 24.4 Å². The fourth-order valence-electron chi connectivity index (χ4n) is 2.89. The van der Waals surface area contributed by atoms with Gasteiger partial charge in [-0.15, -0.1) is 0 Å². The number of urea groups is 1. The standard InChI is InChI=1S/C17H21N3O4/c1-3-24-15(22)17(7-8-17)10-18-16(23)19-13-6-4-5-11-12(13)9-20(2)14(11)21/h4-6H,3,7-10H2,1-2H3,(H2,18,19,23). The van der Waals surface area contributed by atoms with E-state index >= 15 is 0 Å². The number of anilines is 1. The molecule has 7 heteroatoms. The number of carbonyl (C=O) groups is 3. The van der Waals surface area contributed by atoms with Gasteiger partial charge in [0.05, 0.1) is 12.0 Å².